The third-order valence-electron chi connectivity index (χ3n) is 4.67. The number of carbonyl (C=O) groups excluding carboxylic acids is 1. The molecular formula is C17H26N2O2. The van der Waals surface area contributed by atoms with Crippen molar-refractivity contribution < 1.29 is 9.90 Å². The van der Waals surface area contributed by atoms with Gasteiger partial charge in [0.1, 0.15) is 5.75 Å². The highest BCUT2D eigenvalue weighted by Crippen LogP contribution is 2.29. The summed E-state index contributed by atoms with van der Waals surface area (Å²) >= 11 is 0. The molecule has 1 aliphatic rings. The summed E-state index contributed by atoms with van der Waals surface area (Å²) in [7, 11) is 0. The van der Waals surface area contributed by atoms with E-state index in [0.717, 1.165) is 24.3 Å². The second-order valence-electron chi connectivity index (χ2n) is 6.45. The van der Waals surface area contributed by atoms with E-state index < -0.39 is 6.04 Å². The first-order valence-corrected chi connectivity index (χ1v) is 7.79. The zero-order valence-electron chi connectivity index (χ0n) is 12.9. The molecule has 4 atom stereocenters. The van der Waals surface area contributed by atoms with E-state index in [1.54, 1.807) is 24.3 Å². The van der Waals surface area contributed by atoms with E-state index in [1.807, 2.05) is 0 Å². The van der Waals surface area contributed by atoms with Crippen LogP contribution in [0, 0.1) is 11.8 Å². The summed E-state index contributed by atoms with van der Waals surface area (Å²) in [6, 6.07) is 6.55. The summed E-state index contributed by atoms with van der Waals surface area (Å²) in [5.41, 5.74) is 6.95. The van der Waals surface area contributed by atoms with Gasteiger partial charge in [-0.15, -0.1) is 0 Å². The van der Waals surface area contributed by atoms with Crippen molar-refractivity contribution in [1.82, 2.24) is 5.32 Å². The van der Waals surface area contributed by atoms with E-state index in [2.05, 4.69) is 19.2 Å². The SMILES string of the molecule is CC1CCC(NC(=O)[C@@H](N)Cc2ccc(O)cc2)CC1C. The molecule has 0 heterocycles. The molecule has 21 heavy (non-hydrogen) atoms. The lowest BCUT2D eigenvalue weighted by Crippen LogP contribution is -2.48. The van der Waals surface area contributed by atoms with Crippen molar-refractivity contribution in [1.29, 1.82) is 0 Å². The predicted octanol–water partition coefficient (Wildman–Crippen LogP) is 2.20. The fourth-order valence-corrected chi connectivity index (χ4v) is 2.97. The van der Waals surface area contributed by atoms with E-state index in [0.29, 0.717) is 12.3 Å². The maximum Gasteiger partial charge on any atom is 0.237 e. The minimum Gasteiger partial charge on any atom is -0.508 e. The molecule has 1 amide bonds. The first kappa shape index (κ1) is 15.8. The van der Waals surface area contributed by atoms with Crippen molar-refractivity contribution in [3.63, 3.8) is 0 Å². The topological polar surface area (TPSA) is 75.4 Å². The van der Waals surface area contributed by atoms with Crippen LogP contribution in [0.1, 0.15) is 38.7 Å². The van der Waals surface area contributed by atoms with Crippen LogP contribution >= 0.6 is 0 Å². The Bertz CT molecular complexity index is 472. The largest absolute Gasteiger partial charge is 0.508 e. The molecule has 1 aliphatic carbocycles. The number of aromatic hydroxyl groups is 1. The molecule has 0 aromatic heterocycles. The fourth-order valence-electron chi connectivity index (χ4n) is 2.97. The molecular weight excluding hydrogens is 264 g/mol. The average molecular weight is 290 g/mol. The van der Waals surface area contributed by atoms with Crippen LogP contribution in [0.2, 0.25) is 0 Å². The maximum absolute atomic E-state index is 12.2. The lowest BCUT2D eigenvalue weighted by Gasteiger charge is -2.33. The Balaban J connectivity index is 1.83. The van der Waals surface area contributed by atoms with Gasteiger partial charge in [0.15, 0.2) is 0 Å². The van der Waals surface area contributed by atoms with E-state index in [9.17, 15) is 9.90 Å². The van der Waals surface area contributed by atoms with Crippen LogP contribution in [0.25, 0.3) is 0 Å². The summed E-state index contributed by atoms with van der Waals surface area (Å²) in [5, 5.41) is 12.3. The number of carbonyl (C=O) groups is 1. The van der Waals surface area contributed by atoms with E-state index in [1.165, 1.54) is 6.42 Å². The Morgan fingerprint density at radius 1 is 1.29 bits per heavy atom. The van der Waals surface area contributed by atoms with Gasteiger partial charge in [0.25, 0.3) is 0 Å². The summed E-state index contributed by atoms with van der Waals surface area (Å²) in [4.78, 5) is 12.2. The van der Waals surface area contributed by atoms with Gasteiger partial charge in [-0.3, -0.25) is 4.79 Å². The molecule has 4 N–H and O–H groups in total. The summed E-state index contributed by atoms with van der Waals surface area (Å²) in [6.07, 6.45) is 3.74. The molecule has 0 bridgehead atoms. The van der Waals surface area contributed by atoms with Gasteiger partial charge < -0.3 is 16.2 Å². The first-order valence-electron chi connectivity index (χ1n) is 7.79. The zero-order valence-corrected chi connectivity index (χ0v) is 12.9. The first-order chi connectivity index (χ1) is 9.95. The van der Waals surface area contributed by atoms with E-state index in [4.69, 9.17) is 5.73 Å². The van der Waals surface area contributed by atoms with Gasteiger partial charge in [-0.05, 0) is 55.2 Å². The average Bonchev–Trinajstić information content (AvgIpc) is 2.45. The third-order valence-corrected chi connectivity index (χ3v) is 4.67. The number of hydrogen-bond donors (Lipinski definition) is 3. The highest BCUT2D eigenvalue weighted by molar-refractivity contribution is 5.82. The molecule has 0 radical (unpaired) electrons. The van der Waals surface area contributed by atoms with Gasteiger partial charge >= 0.3 is 0 Å². The normalized spacial score (nSPS) is 27.1. The van der Waals surface area contributed by atoms with Gasteiger partial charge in [0, 0.05) is 6.04 Å². The Hall–Kier alpha value is -1.55. The lowest BCUT2D eigenvalue weighted by atomic mass is 9.79. The molecule has 0 saturated heterocycles. The van der Waals surface area contributed by atoms with E-state index in [-0.39, 0.29) is 17.7 Å². The predicted molar refractivity (Wildman–Crippen MR) is 83.9 cm³/mol. The molecule has 3 unspecified atom stereocenters. The Kier molecular flexibility index (Phi) is 5.23. The summed E-state index contributed by atoms with van der Waals surface area (Å²) in [5.74, 6) is 1.54. The minimum absolute atomic E-state index is 0.0742. The van der Waals surface area contributed by atoms with E-state index >= 15 is 0 Å². The number of nitrogens with one attached hydrogen (secondary N) is 1. The standard InChI is InChI=1S/C17H26N2O2/c1-11-3-6-14(9-12(11)2)19-17(21)16(18)10-13-4-7-15(20)8-5-13/h4-5,7-8,11-12,14,16,20H,3,6,9-10,18H2,1-2H3,(H,19,21)/t11?,12?,14?,16-/m0/s1. The second-order valence-corrected chi connectivity index (χ2v) is 6.45. The number of benzene rings is 1. The third kappa shape index (κ3) is 4.46. The Labute approximate surface area is 126 Å². The van der Waals surface area contributed by atoms with Crippen molar-refractivity contribution in [2.24, 2.45) is 17.6 Å². The van der Waals surface area contributed by atoms with Crippen molar-refractivity contribution in [3.05, 3.63) is 29.8 Å². The molecule has 1 saturated carbocycles. The maximum atomic E-state index is 12.2. The van der Waals surface area contributed by atoms with Crippen LogP contribution in [0.4, 0.5) is 0 Å². The number of phenols is 1. The van der Waals surface area contributed by atoms with Crippen LogP contribution in [0.3, 0.4) is 0 Å². The van der Waals surface area contributed by atoms with Crippen molar-refractivity contribution in [2.75, 3.05) is 0 Å². The molecule has 4 nitrogen and oxygen atoms in total. The quantitative estimate of drug-likeness (QED) is 0.795. The van der Waals surface area contributed by atoms with Gasteiger partial charge in [-0.2, -0.15) is 0 Å². The summed E-state index contributed by atoms with van der Waals surface area (Å²) in [6.45, 7) is 4.53. The molecule has 116 valence electrons. The van der Waals surface area contributed by atoms with Crippen LogP contribution < -0.4 is 11.1 Å². The summed E-state index contributed by atoms with van der Waals surface area (Å²) < 4.78 is 0. The second kappa shape index (κ2) is 6.94. The highest BCUT2D eigenvalue weighted by atomic mass is 16.3. The number of amides is 1. The van der Waals surface area contributed by atoms with Crippen LogP contribution in [-0.2, 0) is 11.2 Å². The van der Waals surface area contributed by atoms with Crippen molar-refractivity contribution in [3.8, 4) is 5.75 Å². The lowest BCUT2D eigenvalue weighted by molar-refractivity contribution is -0.123. The van der Waals surface area contributed by atoms with Gasteiger partial charge in [0.2, 0.25) is 5.91 Å². The Morgan fingerprint density at radius 3 is 2.57 bits per heavy atom. The number of rotatable bonds is 4. The monoisotopic (exact) mass is 290 g/mol. The van der Waals surface area contributed by atoms with Gasteiger partial charge in [-0.1, -0.05) is 26.0 Å². The molecule has 1 aromatic carbocycles. The van der Waals surface area contributed by atoms with Crippen molar-refractivity contribution in [2.45, 2.75) is 51.6 Å². The molecule has 0 spiro atoms. The molecule has 1 aromatic rings. The highest BCUT2D eigenvalue weighted by Gasteiger charge is 2.26. The molecule has 2 rings (SSSR count). The number of nitrogens with two attached hydrogens (primary N) is 1. The smallest absolute Gasteiger partial charge is 0.237 e. The minimum atomic E-state index is -0.538. The molecule has 1 fully saturated rings. The molecule has 0 aliphatic heterocycles. The van der Waals surface area contributed by atoms with Crippen LogP contribution in [0.15, 0.2) is 24.3 Å². The fraction of sp³-hybridized carbons (Fsp3) is 0.588. The number of hydrogen-bond acceptors (Lipinski definition) is 3. The molecule has 4 heteroatoms. The van der Waals surface area contributed by atoms with Crippen molar-refractivity contribution >= 4 is 5.91 Å². The van der Waals surface area contributed by atoms with Gasteiger partial charge in [0.05, 0.1) is 6.04 Å². The van der Waals surface area contributed by atoms with Crippen LogP contribution in [0.5, 0.6) is 5.75 Å². The zero-order chi connectivity index (χ0) is 15.4. The number of phenolic OH excluding ortho intramolecular Hbond substituents is 1. The van der Waals surface area contributed by atoms with Crippen LogP contribution in [-0.4, -0.2) is 23.1 Å². The Morgan fingerprint density at radius 2 is 1.95 bits per heavy atom. The van der Waals surface area contributed by atoms with Gasteiger partial charge in [-0.25, -0.2) is 0 Å².